The lowest BCUT2D eigenvalue weighted by molar-refractivity contribution is 0.158. The second-order valence-electron chi connectivity index (χ2n) is 8.24. The van der Waals surface area contributed by atoms with Gasteiger partial charge in [-0.15, -0.1) is 11.3 Å². The third-order valence-corrected chi connectivity index (χ3v) is 7.22. The van der Waals surface area contributed by atoms with Crippen molar-refractivity contribution in [1.82, 2.24) is 20.4 Å². The number of hydrogen-bond acceptors (Lipinski definition) is 4. The quantitative estimate of drug-likeness (QED) is 0.373. The second-order valence-corrected chi connectivity index (χ2v) is 9.22. The third-order valence-electron chi connectivity index (χ3n) is 6.24. The van der Waals surface area contributed by atoms with Crippen LogP contribution in [0.5, 0.6) is 0 Å². The van der Waals surface area contributed by atoms with Gasteiger partial charge >= 0.3 is 0 Å². The van der Waals surface area contributed by atoms with E-state index in [0.717, 1.165) is 25.1 Å². The van der Waals surface area contributed by atoms with Gasteiger partial charge in [0.25, 0.3) is 0 Å². The minimum Gasteiger partial charge on any atom is -0.356 e. The van der Waals surface area contributed by atoms with Crippen molar-refractivity contribution in [3.05, 3.63) is 22.4 Å². The molecule has 1 aromatic heterocycles. The first-order valence-electron chi connectivity index (χ1n) is 11.2. The molecule has 3 heterocycles. The molecule has 158 valence electrons. The van der Waals surface area contributed by atoms with Crippen LogP contribution in [0.4, 0.5) is 0 Å². The van der Waals surface area contributed by atoms with Gasteiger partial charge in [0.2, 0.25) is 0 Å². The molecule has 3 rings (SSSR count). The van der Waals surface area contributed by atoms with Gasteiger partial charge in [-0.25, -0.2) is 0 Å². The molecule has 28 heavy (non-hydrogen) atoms. The van der Waals surface area contributed by atoms with Gasteiger partial charge in [-0.1, -0.05) is 12.5 Å². The van der Waals surface area contributed by atoms with Crippen LogP contribution in [0.15, 0.2) is 22.5 Å². The number of nitrogens with one attached hydrogen (secondary N) is 2. The summed E-state index contributed by atoms with van der Waals surface area (Å²) in [6.45, 7) is 9.26. The predicted octanol–water partition coefficient (Wildman–Crippen LogP) is 3.70. The molecule has 0 amide bonds. The van der Waals surface area contributed by atoms with Gasteiger partial charge in [0, 0.05) is 31.1 Å². The normalized spacial score (nSPS) is 23.1. The molecule has 2 saturated heterocycles. The summed E-state index contributed by atoms with van der Waals surface area (Å²) >= 11 is 1.87. The molecule has 2 aliphatic heterocycles. The summed E-state index contributed by atoms with van der Waals surface area (Å²) in [6, 6.07) is 5.67. The maximum atomic E-state index is 4.44. The number of unbranched alkanes of at least 4 members (excludes halogenated alkanes) is 1. The van der Waals surface area contributed by atoms with Gasteiger partial charge in [0.1, 0.15) is 0 Å². The van der Waals surface area contributed by atoms with Crippen LogP contribution in [0.1, 0.15) is 62.8 Å². The van der Waals surface area contributed by atoms with Gasteiger partial charge in [0.15, 0.2) is 5.96 Å². The van der Waals surface area contributed by atoms with Crippen molar-refractivity contribution in [2.75, 3.05) is 46.3 Å². The van der Waals surface area contributed by atoms with Crippen LogP contribution in [0.3, 0.4) is 0 Å². The van der Waals surface area contributed by atoms with Gasteiger partial charge < -0.3 is 15.5 Å². The van der Waals surface area contributed by atoms with E-state index < -0.39 is 0 Å². The molecule has 6 heteroatoms. The van der Waals surface area contributed by atoms with Crippen LogP contribution in [0.2, 0.25) is 0 Å². The third kappa shape index (κ3) is 6.46. The molecule has 0 saturated carbocycles. The lowest BCUT2D eigenvalue weighted by atomic mass is 10.0. The zero-order chi connectivity index (χ0) is 19.6. The van der Waals surface area contributed by atoms with Gasteiger partial charge in [-0.2, -0.15) is 0 Å². The van der Waals surface area contributed by atoms with Crippen LogP contribution in [-0.2, 0) is 0 Å². The average Bonchev–Trinajstić information content (AvgIpc) is 3.42. The Morgan fingerprint density at radius 2 is 2.00 bits per heavy atom. The maximum absolute atomic E-state index is 4.44. The van der Waals surface area contributed by atoms with Gasteiger partial charge in [-0.3, -0.25) is 9.89 Å². The number of piperidine rings is 1. The van der Waals surface area contributed by atoms with E-state index in [1.54, 1.807) is 0 Å². The first-order chi connectivity index (χ1) is 13.8. The molecule has 0 aliphatic carbocycles. The molecule has 0 spiro atoms. The number of likely N-dealkylation sites (tertiary alicyclic amines) is 2. The highest BCUT2D eigenvalue weighted by molar-refractivity contribution is 7.10. The number of aliphatic imine (C=N–C) groups is 1. The Morgan fingerprint density at radius 1 is 1.18 bits per heavy atom. The van der Waals surface area contributed by atoms with E-state index >= 15 is 0 Å². The number of guanidine groups is 1. The van der Waals surface area contributed by atoms with Crippen molar-refractivity contribution in [1.29, 1.82) is 0 Å². The minimum absolute atomic E-state index is 0.460. The van der Waals surface area contributed by atoms with Gasteiger partial charge in [-0.05, 0) is 83.1 Å². The van der Waals surface area contributed by atoms with Crippen molar-refractivity contribution in [3.63, 3.8) is 0 Å². The molecule has 2 aliphatic rings. The van der Waals surface area contributed by atoms with Gasteiger partial charge in [0.05, 0.1) is 6.04 Å². The largest absolute Gasteiger partial charge is 0.356 e. The average molecular weight is 406 g/mol. The molecule has 2 N–H and O–H groups in total. The number of hydrogen-bond donors (Lipinski definition) is 2. The second kappa shape index (κ2) is 11.8. The fourth-order valence-electron chi connectivity index (χ4n) is 4.49. The Kier molecular flexibility index (Phi) is 9.09. The summed E-state index contributed by atoms with van der Waals surface area (Å²) in [7, 11) is 1.88. The molecular weight excluding hydrogens is 366 g/mol. The molecule has 0 bridgehead atoms. The van der Waals surface area contributed by atoms with Crippen molar-refractivity contribution in [2.45, 2.75) is 64.0 Å². The summed E-state index contributed by atoms with van der Waals surface area (Å²) < 4.78 is 0. The smallest absolute Gasteiger partial charge is 0.191 e. The molecule has 0 radical (unpaired) electrons. The SMILES string of the molecule is CN=C(NCCCCN1CCCCC1C)NCC(c1cccs1)N1CCCC1. The molecular formula is C22H39N5S. The van der Waals surface area contributed by atoms with Crippen LogP contribution in [0.25, 0.3) is 0 Å². The lowest BCUT2D eigenvalue weighted by Crippen LogP contribution is -2.43. The zero-order valence-corrected chi connectivity index (χ0v) is 18.6. The van der Waals surface area contributed by atoms with Crippen LogP contribution < -0.4 is 10.6 Å². The number of thiophene rings is 1. The maximum Gasteiger partial charge on any atom is 0.191 e. The van der Waals surface area contributed by atoms with E-state index in [0.29, 0.717) is 6.04 Å². The molecule has 1 aromatic rings. The van der Waals surface area contributed by atoms with E-state index in [-0.39, 0.29) is 0 Å². The Hall–Kier alpha value is -1.11. The van der Waals surface area contributed by atoms with E-state index in [2.05, 4.69) is 49.9 Å². The molecule has 2 fully saturated rings. The highest BCUT2D eigenvalue weighted by atomic mass is 32.1. The van der Waals surface area contributed by atoms with Crippen LogP contribution in [-0.4, -0.2) is 68.1 Å². The number of nitrogens with zero attached hydrogens (tertiary/aromatic N) is 3. The Morgan fingerprint density at radius 3 is 2.71 bits per heavy atom. The number of rotatable bonds is 9. The highest BCUT2D eigenvalue weighted by Gasteiger charge is 2.24. The zero-order valence-electron chi connectivity index (χ0n) is 17.8. The lowest BCUT2D eigenvalue weighted by Gasteiger charge is -2.33. The molecule has 2 atom stereocenters. The Balaban J connectivity index is 1.36. The summed E-state index contributed by atoms with van der Waals surface area (Å²) in [4.78, 5) is 11.2. The van der Waals surface area contributed by atoms with Crippen molar-refractivity contribution < 1.29 is 0 Å². The standard InChI is InChI=1S/C22H39N5S/c1-19-10-3-5-13-26(19)14-6-4-12-24-22(23-2)25-18-20(21-11-9-17-28-21)27-15-7-8-16-27/h9,11,17,19-20H,3-8,10,12-16,18H2,1-2H3,(H2,23,24,25). The summed E-state index contributed by atoms with van der Waals surface area (Å²) in [6.07, 6.45) is 9.27. The van der Waals surface area contributed by atoms with Crippen LogP contribution in [0, 0.1) is 0 Å². The first-order valence-corrected chi connectivity index (χ1v) is 12.1. The fourth-order valence-corrected chi connectivity index (χ4v) is 5.36. The summed E-state index contributed by atoms with van der Waals surface area (Å²) in [5.41, 5.74) is 0. The van der Waals surface area contributed by atoms with E-state index in [1.807, 2.05) is 18.4 Å². The Labute approximate surface area is 175 Å². The topological polar surface area (TPSA) is 42.9 Å². The molecule has 0 aromatic carbocycles. The van der Waals surface area contributed by atoms with Crippen molar-refractivity contribution in [2.24, 2.45) is 4.99 Å². The van der Waals surface area contributed by atoms with Crippen LogP contribution >= 0.6 is 11.3 Å². The fraction of sp³-hybridized carbons (Fsp3) is 0.773. The predicted molar refractivity (Wildman–Crippen MR) is 121 cm³/mol. The minimum atomic E-state index is 0.460. The monoisotopic (exact) mass is 405 g/mol. The van der Waals surface area contributed by atoms with E-state index in [1.165, 1.54) is 76.0 Å². The highest BCUT2D eigenvalue weighted by Crippen LogP contribution is 2.27. The van der Waals surface area contributed by atoms with E-state index in [4.69, 9.17) is 0 Å². The van der Waals surface area contributed by atoms with Crippen molar-refractivity contribution in [3.8, 4) is 0 Å². The summed E-state index contributed by atoms with van der Waals surface area (Å²) in [5.74, 6) is 0.937. The first kappa shape index (κ1) is 21.6. The Bertz CT molecular complexity index is 567. The van der Waals surface area contributed by atoms with E-state index in [9.17, 15) is 0 Å². The molecule has 2 unspecified atom stereocenters. The molecule has 5 nitrogen and oxygen atoms in total. The van der Waals surface area contributed by atoms with Crippen molar-refractivity contribution >= 4 is 17.3 Å². The summed E-state index contributed by atoms with van der Waals surface area (Å²) in [5, 5.41) is 9.28.